The van der Waals surface area contributed by atoms with E-state index in [1.54, 1.807) is 24.0 Å². The Hall–Kier alpha value is -1.49. The van der Waals surface area contributed by atoms with E-state index in [0.717, 1.165) is 0 Å². The first-order valence-corrected chi connectivity index (χ1v) is 8.14. The molecule has 2 rings (SSSR count). The van der Waals surface area contributed by atoms with E-state index in [4.69, 9.17) is 5.84 Å². The average molecular weight is 375 g/mol. The first-order chi connectivity index (χ1) is 9.86. The van der Waals surface area contributed by atoms with E-state index < -0.39 is 10.0 Å². The van der Waals surface area contributed by atoms with Crippen molar-refractivity contribution < 1.29 is 8.42 Å². The van der Waals surface area contributed by atoms with Crippen LogP contribution in [-0.4, -0.2) is 34.3 Å². The smallest absolute Gasteiger partial charge is 0.246 e. The van der Waals surface area contributed by atoms with Crippen molar-refractivity contribution in [1.82, 2.24) is 18.8 Å². The molecule has 0 unspecified atom stereocenters. The van der Waals surface area contributed by atoms with Gasteiger partial charge in [0.05, 0.1) is 6.54 Å². The number of sulfonamides is 1. The van der Waals surface area contributed by atoms with Crippen LogP contribution in [0.3, 0.4) is 0 Å². The minimum Gasteiger partial charge on any atom is -0.337 e. The maximum atomic E-state index is 12.6. The second-order valence-electron chi connectivity index (χ2n) is 4.36. The second kappa shape index (κ2) is 6.10. The predicted molar refractivity (Wildman–Crippen MR) is 81.6 cm³/mol. The molecule has 0 radical (unpaired) electrons. The number of pyridine rings is 1. The van der Waals surface area contributed by atoms with Crippen molar-refractivity contribution in [2.75, 3.05) is 12.5 Å². The molecule has 0 saturated heterocycles. The van der Waals surface area contributed by atoms with Crippen LogP contribution in [0.5, 0.6) is 0 Å². The number of nitrogens with one attached hydrogen (secondary N) is 1. The molecule has 0 aliphatic rings. The quantitative estimate of drug-likeness (QED) is 0.588. The fourth-order valence-electron chi connectivity index (χ4n) is 1.73. The van der Waals surface area contributed by atoms with Crippen molar-refractivity contribution in [1.29, 1.82) is 0 Å². The van der Waals surface area contributed by atoms with Gasteiger partial charge in [0.2, 0.25) is 10.0 Å². The van der Waals surface area contributed by atoms with Gasteiger partial charge in [-0.15, -0.1) is 0 Å². The van der Waals surface area contributed by atoms with Crippen LogP contribution in [0.25, 0.3) is 0 Å². The fraction of sp³-hybridized carbons (Fsp3) is 0.273. The third-order valence-corrected chi connectivity index (χ3v) is 5.18. The maximum absolute atomic E-state index is 12.6. The van der Waals surface area contributed by atoms with Crippen molar-refractivity contribution in [2.24, 2.45) is 12.9 Å². The van der Waals surface area contributed by atoms with E-state index in [2.05, 4.69) is 31.3 Å². The van der Waals surface area contributed by atoms with E-state index in [9.17, 15) is 8.42 Å². The number of aromatic nitrogens is 3. The largest absolute Gasteiger partial charge is 0.337 e. The zero-order valence-electron chi connectivity index (χ0n) is 11.5. The van der Waals surface area contributed by atoms with Crippen molar-refractivity contribution in [2.45, 2.75) is 11.4 Å². The topological polar surface area (TPSA) is 106 Å². The van der Waals surface area contributed by atoms with Crippen LogP contribution in [-0.2, 0) is 23.6 Å². The molecule has 0 spiro atoms. The van der Waals surface area contributed by atoms with E-state index >= 15 is 0 Å². The van der Waals surface area contributed by atoms with Crippen LogP contribution in [0, 0.1) is 0 Å². The summed E-state index contributed by atoms with van der Waals surface area (Å²) < 4.78 is 28.8. The molecule has 2 heterocycles. The van der Waals surface area contributed by atoms with Gasteiger partial charge >= 0.3 is 0 Å². The van der Waals surface area contributed by atoms with Gasteiger partial charge in [0.1, 0.15) is 10.7 Å². The van der Waals surface area contributed by atoms with Gasteiger partial charge < -0.3 is 9.99 Å². The first-order valence-electron chi connectivity index (χ1n) is 5.91. The molecule has 0 saturated carbocycles. The summed E-state index contributed by atoms with van der Waals surface area (Å²) in [5.41, 5.74) is 2.30. The number of nitrogen functional groups attached to an aromatic ring is 1. The lowest BCUT2D eigenvalue weighted by Crippen LogP contribution is -2.29. The molecule has 3 N–H and O–H groups in total. The van der Waals surface area contributed by atoms with Gasteiger partial charge in [0, 0.05) is 37.2 Å². The third-order valence-electron chi connectivity index (χ3n) is 2.93. The highest BCUT2D eigenvalue weighted by Crippen LogP contribution is 2.25. The maximum Gasteiger partial charge on any atom is 0.246 e. The molecular formula is C11H15BrN6O2S. The zero-order valence-corrected chi connectivity index (χ0v) is 13.9. The Morgan fingerprint density at radius 1 is 1.48 bits per heavy atom. The summed E-state index contributed by atoms with van der Waals surface area (Å²) in [7, 11) is -0.473. The number of imidazole rings is 1. The van der Waals surface area contributed by atoms with Crippen LogP contribution in [0.1, 0.15) is 5.82 Å². The number of halogens is 1. The molecular weight excluding hydrogens is 360 g/mol. The Labute approximate surface area is 131 Å². The summed E-state index contributed by atoms with van der Waals surface area (Å²) in [6, 6.07) is 1.45. The van der Waals surface area contributed by atoms with E-state index in [0.29, 0.717) is 10.3 Å². The lowest BCUT2D eigenvalue weighted by Gasteiger charge is -2.18. The summed E-state index contributed by atoms with van der Waals surface area (Å²) in [5.74, 6) is 6.05. The number of nitrogens with zero attached hydrogens (tertiary/aromatic N) is 4. The van der Waals surface area contributed by atoms with Gasteiger partial charge in [-0.3, -0.25) is 0 Å². The third kappa shape index (κ3) is 3.23. The highest BCUT2D eigenvalue weighted by atomic mass is 79.9. The number of anilines is 1. The van der Waals surface area contributed by atoms with Gasteiger partial charge in [-0.1, -0.05) is 0 Å². The van der Waals surface area contributed by atoms with Crippen molar-refractivity contribution in [3.63, 3.8) is 0 Å². The van der Waals surface area contributed by atoms with Gasteiger partial charge in [-0.05, 0) is 22.0 Å². The zero-order chi connectivity index (χ0) is 15.6. The van der Waals surface area contributed by atoms with Gasteiger partial charge in [-0.25, -0.2) is 24.2 Å². The average Bonchev–Trinajstić information content (AvgIpc) is 2.84. The van der Waals surface area contributed by atoms with Crippen LogP contribution in [0.4, 0.5) is 5.82 Å². The van der Waals surface area contributed by atoms with Crippen LogP contribution < -0.4 is 11.3 Å². The van der Waals surface area contributed by atoms with E-state index in [1.165, 1.54) is 23.6 Å². The summed E-state index contributed by atoms with van der Waals surface area (Å²) in [6.07, 6.45) is 4.83. The molecule has 2 aromatic heterocycles. The van der Waals surface area contributed by atoms with Crippen molar-refractivity contribution in [3.05, 3.63) is 35.0 Å². The minimum absolute atomic E-state index is 0.00363. The molecule has 0 aliphatic heterocycles. The number of hydrazine groups is 1. The number of rotatable bonds is 5. The molecule has 8 nitrogen and oxygen atoms in total. The van der Waals surface area contributed by atoms with Crippen LogP contribution in [0.2, 0.25) is 0 Å². The Kier molecular flexibility index (Phi) is 4.61. The van der Waals surface area contributed by atoms with Crippen LogP contribution >= 0.6 is 15.9 Å². The Balaban J connectivity index is 2.37. The molecule has 0 bridgehead atoms. The van der Waals surface area contributed by atoms with Crippen molar-refractivity contribution >= 4 is 31.8 Å². The molecule has 10 heteroatoms. The molecule has 0 fully saturated rings. The molecule has 21 heavy (non-hydrogen) atoms. The Bertz CT molecular complexity index is 745. The molecule has 0 atom stereocenters. The lowest BCUT2D eigenvalue weighted by atomic mass is 10.5. The monoisotopic (exact) mass is 374 g/mol. The number of nitrogens with two attached hydrogens (primary N) is 1. The van der Waals surface area contributed by atoms with Crippen LogP contribution in [0.15, 0.2) is 34.0 Å². The SMILES string of the molecule is CN(Cc1nccn1C)S(=O)(=O)c1cc(Br)cnc1NN. The van der Waals surface area contributed by atoms with Gasteiger partial charge in [0.25, 0.3) is 0 Å². The predicted octanol–water partition coefficient (Wildman–Crippen LogP) is 0.684. The first kappa shape index (κ1) is 15.9. The second-order valence-corrected chi connectivity index (χ2v) is 7.29. The highest BCUT2D eigenvalue weighted by Gasteiger charge is 2.26. The fourth-order valence-corrected chi connectivity index (χ4v) is 3.46. The Morgan fingerprint density at radius 2 is 2.19 bits per heavy atom. The van der Waals surface area contributed by atoms with E-state index in [1.807, 2.05) is 0 Å². The minimum atomic E-state index is -3.75. The van der Waals surface area contributed by atoms with Gasteiger partial charge in [-0.2, -0.15) is 4.31 Å². The summed E-state index contributed by atoms with van der Waals surface area (Å²) in [6.45, 7) is 0.141. The molecule has 0 aromatic carbocycles. The Morgan fingerprint density at radius 3 is 2.76 bits per heavy atom. The molecule has 2 aromatic rings. The number of hydrogen-bond donors (Lipinski definition) is 2. The van der Waals surface area contributed by atoms with Gasteiger partial charge in [0.15, 0.2) is 5.82 Å². The number of hydrogen-bond acceptors (Lipinski definition) is 6. The van der Waals surface area contributed by atoms with E-state index in [-0.39, 0.29) is 17.3 Å². The standard InChI is InChI=1S/C11H15BrN6O2S/c1-17-4-3-14-10(17)7-18(2)21(19,20)9-5-8(12)6-15-11(9)16-13/h3-6H,7,13H2,1-2H3,(H,15,16). The lowest BCUT2D eigenvalue weighted by molar-refractivity contribution is 0.451. The molecule has 0 aliphatic carbocycles. The molecule has 114 valence electrons. The summed E-state index contributed by atoms with van der Waals surface area (Å²) in [5, 5.41) is 0. The molecule has 0 amide bonds. The summed E-state index contributed by atoms with van der Waals surface area (Å²) in [4.78, 5) is 8.06. The number of aryl methyl sites for hydroxylation is 1. The normalized spacial score (nSPS) is 11.9. The van der Waals surface area contributed by atoms with Crippen molar-refractivity contribution in [3.8, 4) is 0 Å². The summed E-state index contributed by atoms with van der Waals surface area (Å²) >= 11 is 3.21. The highest BCUT2D eigenvalue weighted by molar-refractivity contribution is 9.10.